The van der Waals surface area contributed by atoms with Gasteiger partial charge in [-0.1, -0.05) is 13.8 Å². The number of ether oxygens (including phenoxy) is 2. The van der Waals surface area contributed by atoms with Gasteiger partial charge < -0.3 is 15.2 Å². The van der Waals surface area contributed by atoms with Crippen molar-refractivity contribution in [2.75, 3.05) is 13.7 Å². The Morgan fingerprint density at radius 3 is 2.62 bits per heavy atom. The van der Waals surface area contributed by atoms with Crippen molar-refractivity contribution in [1.82, 2.24) is 0 Å². The van der Waals surface area contributed by atoms with Crippen molar-refractivity contribution in [2.45, 2.75) is 26.7 Å². The SMILES string of the molecule is COc1cc([N+](=O)[O-])ccc1OCCCC(C)(C)C(=N)N. The number of nitro benzene ring substituents is 1. The summed E-state index contributed by atoms with van der Waals surface area (Å²) < 4.78 is 10.7. The first-order valence-electron chi connectivity index (χ1n) is 6.57. The fourth-order valence-corrected chi connectivity index (χ4v) is 1.72. The fourth-order valence-electron chi connectivity index (χ4n) is 1.72. The molecule has 21 heavy (non-hydrogen) atoms. The van der Waals surface area contributed by atoms with Crippen LogP contribution in [0.15, 0.2) is 18.2 Å². The summed E-state index contributed by atoms with van der Waals surface area (Å²) in [4.78, 5) is 10.2. The fraction of sp³-hybridized carbons (Fsp3) is 0.500. The maximum Gasteiger partial charge on any atom is 0.273 e. The van der Waals surface area contributed by atoms with Crippen LogP contribution in [0.5, 0.6) is 11.5 Å². The van der Waals surface area contributed by atoms with Crippen molar-refractivity contribution < 1.29 is 14.4 Å². The molecule has 0 amide bonds. The van der Waals surface area contributed by atoms with E-state index < -0.39 is 4.92 Å². The minimum Gasteiger partial charge on any atom is -0.493 e. The lowest BCUT2D eigenvalue weighted by Crippen LogP contribution is -2.31. The Morgan fingerprint density at radius 2 is 2.10 bits per heavy atom. The highest BCUT2D eigenvalue weighted by Crippen LogP contribution is 2.31. The molecule has 0 heterocycles. The number of nitro groups is 1. The first-order chi connectivity index (χ1) is 9.77. The van der Waals surface area contributed by atoms with Gasteiger partial charge in [-0.25, -0.2) is 0 Å². The summed E-state index contributed by atoms with van der Waals surface area (Å²) in [6.45, 7) is 4.23. The summed E-state index contributed by atoms with van der Waals surface area (Å²) in [5.41, 5.74) is 5.11. The van der Waals surface area contributed by atoms with Crippen molar-refractivity contribution in [3.63, 3.8) is 0 Å². The number of hydrogen-bond acceptors (Lipinski definition) is 5. The number of methoxy groups -OCH3 is 1. The molecule has 1 rings (SSSR count). The molecule has 0 aromatic heterocycles. The Kier molecular flexibility index (Phi) is 5.52. The lowest BCUT2D eigenvalue weighted by Gasteiger charge is -2.22. The second-order valence-corrected chi connectivity index (χ2v) is 5.34. The molecule has 0 unspecified atom stereocenters. The van der Waals surface area contributed by atoms with Crippen molar-refractivity contribution in [3.05, 3.63) is 28.3 Å². The van der Waals surface area contributed by atoms with Crippen molar-refractivity contribution in [2.24, 2.45) is 11.1 Å². The van der Waals surface area contributed by atoms with E-state index in [0.29, 0.717) is 24.5 Å². The van der Waals surface area contributed by atoms with Gasteiger partial charge in [0.25, 0.3) is 5.69 Å². The monoisotopic (exact) mass is 295 g/mol. The molecule has 0 aliphatic carbocycles. The number of benzene rings is 1. The second-order valence-electron chi connectivity index (χ2n) is 5.34. The van der Waals surface area contributed by atoms with Crippen molar-refractivity contribution in [3.8, 4) is 11.5 Å². The zero-order valence-corrected chi connectivity index (χ0v) is 12.5. The molecule has 1 aromatic rings. The maximum absolute atomic E-state index is 10.7. The van der Waals surface area contributed by atoms with Crippen LogP contribution in [0, 0.1) is 20.9 Å². The lowest BCUT2D eigenvalue weighted by atomic mass is 9.87. The Hall–Kier alpha value is -2.31. The normalized spacial score (nSPS) is 11.0. The standard InChI is InChI=1S/C14H21N3O4/c1-14(2,13(15)16)7-4-8-21-11-6-5-10(17(18)19)9-12(11)20-3/h5-6,9H,4,7-8H2,1-3H3,(H3,15,16). The molecule has 1 aromatic carbocycles. The summed E-state index contributed by atoms with van der Waals surface area (Å²) in [6.07, 6.45) is 1.43. The summed E-state index contributed by atoms with van der Waals surface area (Å²) in [6, 6.07) is 4.22. The average molecular weight is 295 g/mol. The number of nitrogens with one attached hydrogen (secondary N) is 1. The van der Waals surface area contributed by atoms with E-state index in [1.165, 1.54) is 25.3 Å². The van der Waals surface area contributed by atoms with Gasteiger partial charge in [0.05, 0.1) is 30.5 Å². The Labute approximate surface area is 123 Å². The van der Waals surface area contributed by atoms with Crippen LogP contribution in [-0.4, -0.2) is 24.5 Å². The molecule has 0 fully saturated rings. The number of hydrogen-bond donors (Lipinski definition) is 2. The van der Waals surface area contributed by atoms with Crippen LogP contribution in [0.4, 0.5) is 5.69 Å². The van der Waals surface area contributed by atoms with Crippen molar-refractivity contribution in [1.29, 1.82) is 5.41 Å². The molecule has 3 N–H and O–H groups in total. The highest BCUT2D eigenvalue weighted by molar-refractivity contribution is 5.82. The van der Waals surface area contributed by atoms with Gasteiger partial charge in [0.1, 0.15) is 0 Å². The third-order valence-electron chi connectivity index (χ3n) is 3.29. The predicted molar refractivity (Wildman–Crippen MR) is 80.1 cm³/mol. The zero-order chi connectivity index (χ0) is 16.0. The smallest absolute Gasteiger partial charge is 0.273 e. The van der Waals surface area contributed by atoms with Crippen LogP contribution in [-0.2, 0) is 0 Å². The van der Waals surface area contributed by atoms with E-state index in [9.17, 15) is 10.1 Å². The number of amidine groups is 1. The highest BCUT2D eigenvalue weighted by atomic mass is 16.6. The Balaban J connectivity index is 2.60. The third-order valence-corrected chi connectivity index (χ3v) is 3.29. The van der Waals surface area contributed by atoms with E-state index in [-0.39, 0.29) is 16.9 Å². The van der Waals surface area contributed by atoms with Gasteiger partial charge in [0.15, 0.2) is 11.5 Å². The molecule has 7 heteroatoms. The Bertz CT molecular complexity index is 529. The summed E-state index contributed by atoms with van der Waals surface area (Å²) in [7, 11) is 1.44. The first kappa shape index (κ1) is 16.7. The van der Waals surface area contributed by atoms with Gasteiger partial charge in [-0.05, 0) is 18.9 Å². The van der Waals surface area contributed by atoms with Gasteiger partial charge in [-0.2, -0.15) is 0 Å². The first-order valence-corrected chi connectivity index (χ1v) is 6.57. The molecule has 0 aliphatic rings. The molecule has 0 bridgehead atoms. The number of nitrogens with zero attached hydrogens (tertiary/aromatic N) is 1. The number of nitrogens with two attached hydrogens (primary N) is 1. The van der Waals surface area contributed by atoms with Gasteiger partial charge in [0, 0.05) is 11.5 Å². The molecule has 116 valence electrons. The zero-order valence-electron chi connectivity index (χ0n) is 12.5. The maximum atomic E-state index is 10.7. The van der Waals surface area contributed by atoms with Gasteiger partial charge in [-0.3, -0.25) is 15.5 Å². The van der Waals surface area contributed by atoms with E-state index >= 15 is 0 Å². The molecule has 0 spiro atoms. The minimum absolute atomic E-state index is 0.0445. The molecule has 0 radical (unpaired) electrons. The lowest BCUT2D eigenvalue weighted by molar-refractivity contribution is -0.384. The van der Waals surface area contributed by atoms with E-state index in [4.69, 9.17) is 20.6 Å². The molecular weight excluding hydrogens is 274 g/mol. The van der Waals surface area contributed by atoms with Crippen LogP contribution < -0.4 is 15.2 Å². The van der Waals surface area contributed by atoms with E-state index in [2.05, 4.69) is 0 Å². The summed E-state index contributed by atoms with van der Waals surface area (Å²) in [5, 5.41) is 18.2. The minimum atomic E-state index is -0.484. The molecule has 0 saturated heterocycles. The van der Waals surface area contributed by atoms with Crippen LogP contribution >= 0.6 is 0 Å². The topological polar surface area (TPSA) is 111 Å². The molecule has 0 atom stereocenters. The predicted octanol–water partition coefficient (Wildman–Crippen LogP) is 2.72. The van der Waals surface area contributed by atoms with Crippen LogP contribution in [0.25, 0.3) is 0 Å². The van der Waals surface area contributed by atoms with Crippen LogP contribution in [0.2, 0.25) is 0 Å². The molecule has 7 nitrogen and oxygen atoms in total. The number of non-ortho nitro benzene ring substituents is 1. The Morgan fingerprint density at radius 1 is 1.43 bits per heavy atom. The van der Waals surface area contributed by atoms with E-state index in [1.54, 1.807) is 0 Å². The van der Waals surface area contributed by atoms with Gasteiger partial charge in [-0.15, -0.1) is 0 Å². The molecular formula is C14H21N3O4. The largest absolute Gasteiger partial charge is 0.493 e. The average Bonchev–Trinajstić information content (AvgIpc) is 2.43. The van der Waals surface area contributed by atoms with Crippen LogP contribution in [0.3, 0.4) is 0 Å². The third kappa shape index (κ3) is 4.62. The van der Waals surface area contributed by atoms with Crippen molar-refractivity contribution >= 4 is 11.5 Å². The molecule has 0 aliphatic heterocycles. The molecule has 0 saturated carbocycles. The summed E-state index contributed by atoms with van der Waals surface area (Å²) >= 11 is 0. The van der Waals surface area contributed by atoms with E-state index in [0.717, 1.165) is 6.42 Å². The second kappa shape index (κ2) is 6.92. The quantitative estimate of drug-likeness (QED) is 0.252. The van der Waals surface area contributed by atoms with Gasteiger partial charge in [0.2, 0.25) is 0 Å². The highest BCUT2D eigenvalue weighted by Gasteiger charge is 2.21. The summed E-state index contributed by atoms with van der Waals surface area (Å²) in [5.74, 6) is 0.939. The van der Waals surface area contributed by atoms with Crippen LogP contribution in [0.1, 0.15) is 26.7 Å². The van der Waals surface area contributed by atoms with E-state index in [1.807, 2.05) is 13.8 Å². The number of rotatable bonds is 8. The van der Waals surface area contributed by atoms with Gasteiger partial charge >= 0.3 is 0 Å².